The summed E-state index contributed by atoms with van der Waals surface area (Å²) >= 11 is 0. The minimum absolute atomic E-state index is 0.337. The average molecular weight is 281 g/mol. The van der Waals surface area contributed by atoms with Crippen molar-refractivity contribution in [3.8, 4) is 0 Å². The van der Waals surface area contributed by atoms with Gasteiger partial charge in [0.05, 0.1) is 0 Å². The first-order valence-corrected chi connectivity index (χ1v) is 6.73. The van der Waals surface area contributed by atoms with Gasteiger partial charge < -0.3 is 5.32 Å². The average Bonchev–Trinajstić information content (AvgIpc) is 2.40. The Balaban J connectivity index is 2.60. The molecule has 0 amide bonds. The van der Waals surface area contributed by atoms with E-state index in [1.54, 1.807) is 25.1 Å². The standard InChI is InChI=1S/C16H18F3N/c1-3-10-20-15(16(17,18)19)14-11(2)8-9-12-6-4-5-7-13(12)14/h4-9,15,20H,3,10H2,1-2H3. The summed E-state index contributed by atoms with van der Waals surface area (Å²) in [4.78, 5) is 0. The highest BCUT2D eigenvalue weighted by Crippen LogP contribution is 2.38. The zero-order chi connectivity index (χ0) is 14.8. The second-order valence-electron chi connectivity index (χ2n) is 4.95. The van der Waals surface area contributed by atoms with Crippen molar-refractivity contribution in [3.63, 3.8) is 0 Å². The second-order valence-corrected chi connectivity index (χ2v) is 4.95. The Bertz CT molecular complexity index is 590. The molecule has 0 aliphatic heterocycles. The number of fused-ring (bicyclic) bond motifs is 1. The largest absolute Gasteiger partial charge is 0.407 e. The summed E-state index contributed by atoms with van der Waals surface area (Å²) in [5, 5.41) is 4.13. The van der Waals surface area contributed by atoms with Gasteiger partial charge >= 0.3 is 6.18 Å². The number of hydrogen-bond acceptors (Lipinski definition) is 1. The summed E-state index contributed by atoms with van der Waals surface area (Å²) in [7, 11) is 0. The van der Waals surface area contributed by atoms with Gasteiger partial charge in [-0.15, -0.1) is 0 Å². The van der Waals surface area contributed by atoms with E-state index in [4.69, 9.17) is 0 Å². The Morgan fingerprint density at radius 3 is 2.45 bits per heavy atom. The normalized spacial score (nSPS) is 13.7. The van der Waals surface area contributed by atoms with Crippen molar-refractivity contribution < 1.29 is 13.2 Å². The van der Waals surface area contributed by atoms with Gasteiger partial charge in [0, 0.05) is 0 Å². The molecule has 0 radical (unpaired) electrons. The number of alkyl halides is 3. The SMILES string of the molecule is CCCNC(c1c(C)ccc2ccccc12)C(F)(F)F. The maximum Gasteiger partial charge on any atom is 0.407 e. The first-order chi connectivity index (χ1) is 9.45. The van der Waals surface area contributed by atoms with Crippen LogP contribution in [0.2, 0.25) is 0 Å². The van der Waals surface area contributed by atoms with Crippen molar-refractivity contribution in [1.82, 2.24) is 5.32 Å². The van der Waals surface area contributed by atoms with E-state index in [2.05, 4.69) is 5.32 Å². The van der Waals surface area contributed by atoms with Crippen LogP contribution in [0.15, 0.2) is 36.4 Å². The summed E-state index contributed by atoms with van der Waals surface area (Å²) in [6.07, 6.45) is -3.64. The molecule has 0 bridgehead atoms. The van der Waals surface area contributed by atoms with Crippen LogP contribution in [0.4, 0.5) is 13.2 Å². The van der Waals surface area contributed by atoms with Crippen molar-refractivity contribution in [2.75, 3.05) is 6.54 Å². The van der Waals surface area contributed by atoms with Crippen LogP contribution in [-0.2, 0) is 0 Å². The Kier molecular flexibility index (Phi) is 4.33. The lowest BCUT2D eigenvalue weighted by Gasteiger charge is -2.25. The van der Waals surface area contributed by atoms with Crippen molar-refractivity contribution >= 4 is 10.8 Å². The smallest absolute Gasteiger partial charge is 0.302 e. The van der Waals surface area contributed by atoms with Gasteiger partial charge in [-0.2, -0.15) is 13.2 Å². The molecule has 1 atom stereocenters. The highest BCUT2D eigenvalue weighted by Gasteiger charge is 2.41. The number of benzene rings is 2. The molecule has 4 heteroatoms. The van der Waals surface area contributed by atoms with Crippen LogP contribution in [0.3, 0.4) is 0 Å². The van der Waals surface area contributed by atoms with Gasteiger partial charge in [0.1, 0.15) is 6.04 Å². The first kappa shape index (κ1) is 14.9. The number of nitrogens with one attached hydrogen (secondary N) is 1. The topological polar surface area (TPSA) is 12.0 Å². The molecule has 1 nitrogen and oxygen atoms in total. The van der Waals surface area contributed by atoms with Gasteiger partial charge in [-0.3, -0.25) is 0 Å². The fraction of sp³-hybridized carbons (Fsp3) is 0.375. The van der Waals surface area contributed by atoms with Crippen LogP contribution in [-0.4, -0.2) is 12.7 Å². The van der Waals surface area contributed by atoms with Gasteiger partial charge in [0.25, 0.3) is 0 Å². The lowest BCUT2D eigenvalue weighted by molar-refractivity contribution is -0.157. The second kappa shape index (κ2) is 5.83. The van der Waals surface area contributed by atoms with E-state index >= 15 is 0 Å². The molecule has 0 saturated carbocycles. The molecule has 2 aromatic carbocycles. The lowest BCUT2D eigenvalue weighted by Crippen LogP contribution is -2.35. The Morgan fingerprint density at radius 2 is 1.80 bits per heavy atom. The Labute approximate surface area is 116 Å². The third kappa shape index (κ3) is 2.96. The molecule has 2 aromatic rings. The molecule has 2 rings (SSSR count). The van der Waals surface area contributed by atoms with Gasteiger partial charge in [-0.1, -0.05) is 43.3 Å². The highest BCUT2D eigenvalue weighted by atomic mass is 19.4. The summed E-state index contributed by atoms with van der Waals surface area (Å²) in [6.45, 7) is 3.93. The summed E-state index contributed by atoms with van der Waals surface area (Å²) in [5.41, 5.74) is 0.999. The van der Waals surface area contributed by atoms with Crippen LogP contribution in [0, 0.1) is 6.92 Å². The third-order valence-electron chi connectivity index (χ3n) is 3.40. The van der Waals surface area contributed by atoms with E-state index in [0.717, 1.165) is 5.39 Å². The van der Waals surface area contributed by atoms with E-state index in [-0.39, 0.29) is 0 Å². The lowest BCUT2D eigenvalue weighted by atomic mass is 9.93. The third-order valence-corrected chi connectivity index (χ3v) is 3.40. The Hall–Kier alpha value is -1.55. The number of halogens is 3. The van der Waals surface area contributed by atoms with E-state index in [0.29, 0.717) is 29.5 Å². The molecule has 1 N–H and O–H groups in total. The maximum atomic E-state index is 13.4. The zero-order valence-corrected chi connectivity index (χ0v) is 11.6. The van der Waals surface area contributed by atoms with Crippen LogP contribution in [0.25, 0.3) is 10.8 Å². The quantitative estimate of drug-likeness (QED) is 0.852. The molecular weight excluding hydrogens is 263 g/mol. The van der Waals surface area contributed by atoms with Gasteiger partial charge in [0.2, 0.25) is 0 Å². The van der Waals surface area contributed by atoms with E-state index in [9.17, 15) is 13.2 Å². The molecule has 0 fully saturated rings. The van der Waals surface area contributed by atoms with Crippen LogP contribution in [0.5, 0.6) is 0 Å². The molecule has 0 spiro atoms. The minimum atomic E-state index is -4.30. The van der Waals surface area contributed by atoms with Crippen molar-refractivity contribution in [1.29, 1.82) is 0 Å². The number of rotatable bonds is 4. The molecule has 0 saturated heterocycles. The molecule has 108 valence electrons. The van der Waals surface area contributed by atoms with Gasteiger partial charge in [-0.25, -0.2) is 0 Å². The molecule has 0 aliphatic rings. The molecule has 20 heavy (non-hydrogen) atoms. The van der Waals surface area contributed by atoms with E-state index < -0.39 is 12.2 Å². The summed E-state index contributed by atoms with van der Waals surface area (Å²) in [6, 6.07) is 9.21. The summed E-state index contributed by atoms with van der Waals surface area (Å²) in [5.74, 6) is 0. The van der Waals surface area contributed by atoms with Crippen LogP contribution in [0.1, 0.15) is 30.5 Å². The monoisotopic (exact) mass is 281 g/mol. The van der Waals surface area contributed by atoms with E-state index in [1.165, 1.54) is 0 Å². The minimum Gasteiger partial charge on any atom is -0.302 e. The van der Waals surface area contributed by atoms with Crippen LogP contribution < -0.4 is 5.32 Å². The predicted molar refractivity (Wildman–Crippen MR) is 75.8 cm³/mol. The fourth-order valence-corrected chi connectivity index (χ4v) is 2.46. The van der Waals surface area contributed by atoms with Crippen LogP contribution >= 0.6 is 0 Å². The number of hydrogen-bond donors (Lipinski definition) is 1. The molecule has 1 unspecified atom stereocenters. The van der Waals surface area contributed by atoms with Crippen molar-refractivity contribution in [2.45, 2.75) is 32.5 Å². The highest BCUT2D eigenvalue weighted by molar-refractivity contribution is 5.87. The first-order valence-electron chi connectivity index (χ1n) is 6.73. The zero-order valence-electron chi connectivity index (χ0n) is 11.6. The van der Waals surface area contributed by atoms with Crippen molar-refractivity contribution in [2.24, 2.45) is 0 Å². The van der Waals surface area contributed by atoms with Gasteiger partial charge in [0.15, 0.2) is 0 Å². The predicted octanol–water partition coefficient (Wildman–Crippen LogP) is 4.75. The molecule has 0 aliphatic carbocycles. The maximum absolute atomic E-state index is 13.4. The van der Waals surface area contributed by atoms with Gasteiger partial charge in [-0.05, 0) is 41.8 Å². The molecule has 0 aromatic heterocycles. The van der Waals surface area contributed by atoms with E-state index in [1.807, 2.05) is 25.1 Å². The molecule has 0 heterocycles. The fourth-order valence-electron chi connectivity index (χ4n) is 2.46. The Morgan fingerprint density at radius 1 is 1.10 bits per heavy atom. The number of aryl methyl sites for hydroxylation is 1. The molecular formula is C16H18F3N. The van der Waals surface area contributed by atoms with Crippen molar-refractivity contribution in [3.05, 3.63) is 47.5 Å². The summed E-state index contributed by atoms with van der Waals surface area (Å²) < 4.78 is 40.1.